The smallest absolute Gasteiger partial charge is 0.334 e. The predicted molar refractivity (Wildman–Crippen MR) is 95.8 cm³/mol. The lowest BCUT2D eigenvalue weighted by Gasteiger charge is -2.26. The van der Waals surface area contributed by atoms with Gasteiger partial charge in [0, 0.05) is 16.3 Å². The van der Waals surface area contributed by atoms with Gasteiger partial charge in [0.15, 0.2) is 0 Å². The molecule has 0 aliphatic rings. The van der Waals surface area contributed by atoms with Crippen molar-refractivity contribution in [3.63, 3.8) is 0 Å². The van der Waals surface area contributed by atoms with Crippen molar-refractivity contribution in [1.29, 1.82) is 0 Å². The molecule has 24 heavy (non-hydrogen) atoms. The van der Waals surface area contributed by atoms with Gasteiger partial charge >= 0.3 is 11.9 Å². The van der Waals surface area contributed by atoms with Gasteiger partial charge in [0.1, 0.15) is 6.61 Å². The molecule has 2 aromatic rings. The van der Waals surface area contributed by atoms with Crippen LogP contribution < -0.4 is 0 Å². The van der Waals surface area contributed by atoms with Gasteiger partial charge in [0.05, 0.1) is 0 Å². The Balaban J connectivity index is 2.30. The molecule has 0 spiro atoms. The fraction of sp³-hybridized carbons (Fsp3) is 0.412. The third kappa shape index (κ3) is 3.53. The Morgan fingerprint density at radius 3 is 2.04 bits per heavy atom. The molecule has 1 N–H and O–H groups in total. The molecule has 2 rings (SSSR count). The van der Waals surface area contributed by atoms with Crippen LogP contribution in [0.4, 0.5) is 0 Å². The molecule has 0 unspecified atom stereocenters. The first-order chi connectivity index (χ1) is 11.6. The van der Waals surface area contributed by atoms with Gasteiger partial charge < -0.3 is 14.7 Å². The van der Waals surface area contributed by atoms with Gasteiger partial charge in [0.2, 0.25) is 5.41 Å². The zero-order chi connectivity index (χ0) is 17.6. The molecule has 0 bridgehead atoms. The van der Waals surface area contributed by atoms with E-state index in [1.54, 1.807) is 35.0 Å². The van der Waals surface area contributed by atoms with Crippen LogP contribution in [0, 0.1) is 0 Å². The largest absolute Gasteiger partial charge is 0.480 e. The summed E-state index contributed by atoms with van der Waals surface area (Å²) in [5.41, 5.74) is -1.79. The van der Waals surface area contributed by atoms with Gasteiger partial charge in [-0.2, -0.15) is 0 Å². The van der Waals surface area contributed by atoms with Crippen molar-refractivity contribution in [2.24, 2.45) is 0 Å². The number of rotatable bonds is 9. The monoisotopic (exact) mass is 367 g/mol. The van der Waals surface area contributed by atoms with E-state index in [0.717, 1.165) is 13.1 Å². The lowest BCUT2D eigenvalue weighted by Crippen LogP contribution is -2.45. The summed E-state index contributed by atoms with van der Waals surface area (Å²) in [5, 5.41) is 13.5. The van der Waals surface area contributed by atoms with E-state index in [2.05, 4.69) is 4.90 Å². The molecular formula is C17H21NO4S2. The van der Waals surface area contributed by atoms with E-state index in [4.69, 9.17) is 4.74 Å². The van der Waals surface area contributed by atoms with E-state index in [0.29, 0.717) is 16.3 Å². The van der Waals surface area contributed by atoms with Gasteiger partial charge in [0.25, 0.3) is 0 Å². The van der Waals surface area contributed by atoms with E-state index in [1.807, 2.05) is 13.8 Å². The van der Waals surface area contributed by atoms with Gasteiger partial charge in [-0.3, -0.25) is 9.59 Å². The number of carbonyl (C=O) groups is 2. The van der Waals surface area contributed by atoms with Crippen LogP contribution in [0.1, 0.15) is 23.6 Å². The van der Waals surface area contributed by atoms with Gasteiger partial charge in [-0.05, 0) is 36.0 Å². The summed E-state index contributed by atoms with van der Waals surface area (Å²) >= 11 is 2.50. The number of esters is 1. The van der Waals surface area contributed by atoms with Crippen molar-refractivity contribution in [3.8, 4) is 0 Å². The lowest BCUT2D eigenvalue weighted by atomic mass is 9.84. The Morgan fingerprint density at radius 1 is 1.12 bits per heavy atom. The summed E-state index contributed by atoms with van der Waals surface area (Å²) < 4.78 is 5.40. The highest BCUT2D eigenvalue weighted by Gasteiger charge is 2.53. The summed E-state index contributed by atoms with van der Waals surface area (Å²) in [5.74, 6) is -1.94. The number of carboxylic acids is 1. The fourth-order valence-corrected chi connectivity index (χ4v) is 4.42. The number of hydrogen-bond acceptors (Lipinski definition) is 6. The number of carboxylic acid groups (broad SMARTS) is 1. The van der Waals surface area contributed by atoms with Crippen molar-refractivity contribution in [1.82, 2.24) is 4.90 Å². The van der Waals surface area contributed by atoms with Gasteiger partial charge in [-0.25, -0.2) is 0 Å². The molecule has 0 fully saturated rings. The minimum absolute atomic E-state index is 0.173. The third-order valence-electron chi connectivity index (χ3n) is 3.94. The number of carbonyl (C=O) groups excluding carboxylic acids is 1. The zero-order valence-electron chi connectivity index (χ0n) is 13.7. The van der Waals surface area contributed by atoms with E-state index < -0.39 is 17.4 Å². The highest BCUT2D eigenvalue weighted by atomic mass is 32.1. The molecule has 0 aliphatic heterocycles. The van der Waals surface area contributed by atoms with Crippen LogP contribution in [0.2, 0.25) is 0 Å². The minimum Gasteiger partial charge on any atom is -0.480 e. The average molecular weight is 367 g/mol. The molecular weight excluding hydrogens is 346 g/mol. The standard InChI is InChI=1S/C17H21NO4S2/c1-3-18(4-2)9-10-22-16(21)17(15(19)20,13-7-5-11-23-13)14-8-6-12-24-14/h5-8,11-12H,3-4,9-10H2,1-2H3,(H,19,20). The molecule has 2 aromatic heterocycles. The van der Waals surface area contributed by atoms with E-state index in [9.17, 15) is 14.7 Å². The molecule has 0 saturated heterocycles. The Kier molecular flexibility index (Phi) is 6.53. The van der Waals surface area contributed by atoms with Crippen LogP contribution in [0.3, 0.4) is 0 Å². The van der Waals surface area contributed by atoms with Crippen molar-refractivity contribution in [3.05, 3.63) is 44.8 Å². The van der Waals surface area contributed by atoms with E-state index >= 15 is 0 Å². The maximum Gasteiger partial charge on any atom is 0.334 e. The molecule has 130 valence electrons. The number of aliphatic carboxylic acids is 1. The number of nitrogens with zero attached hydrogens (tertiary/aromatic N) is 1. The number of thiophene rings is 2. The Bertz CT molecular complexity index is 614. The zero-order valence-corrected chi connectivity index (χ0v) is 15.4. The van der Waals surface area contributed by atoms with Crippen LogP contribution in [0.5, 0.6) is 0 Å². The Morgan fingerprint density at radius 2 is 1.67 bits per heavy atom. The molecule has 2 heterocycles. The summed E-state index contributed by atoms with van der Waals surface area (Å²) in [4.78, 5) is 28.1. The molecule has 0 aliphatic carbocycles. The number of hydrogen-bond donors (Lipinski definition) is 1. The van der Waals surface area contributed by atoms with Gasteiger partial charge in [-0.1, -0.05) is 26.0 Å². The highest BCUT2D eigenvalue weighted by molar-refractivity contribution is 7.12. The second kappa shape index (κ2) is 8.41. The summed E-state index contributed by atoms with van der Waals surface area (Å²) in [6.07, 6.45) is 0. The van der Waals surface area contributed by atoms with Gasteiger partial charge in [-0.15, -0.1) is 22.7 Å². The molecule has 5 nitrogen and oxygen atoms in total. The van der Waals surface area contributed by atoms with Crippen molar-refractivity contribution in [2.75, 3.05) is 26.2 Å². The minimum atomic E-state index is -1.79. The van der Waals surface area contributed by atoms with Crippen LogP contribution in [0.25, 0.3) is 0 Å². The summed E-state index contributed by atoms with van der Waals surface area (Å²) in [6, 6.07) is 6.83. The van der Waals surface area contributed by atoms with E-state index in [-0.39, 0.29) is 6.61 Å². The number of likely N-dealkylation sites (N-methyl/N-ethyl adjacent to an activating group) is 1. The first-order valence-corrected chi connectivity index (χ1v) is 9.54. The topological polar surface area (TPSA) is 66.8 Å². The molecule has 0 atom stereocenters. The van der Waals surface area contributed by atoms with E-state index in [1.165, 1.54) is 22.7 Å². The first kappa shape index (κ1) is 18.6. The Hall–Kier alpha value is -1.70. The second-order valence-corrected chi connectivity index (χ2v) is 7.07. The highest BCUT2D eigenvalue weighted by Crippen LogP contribution is 2.39. The summed E-state index contributed by atoms with van der Waals surface area (Å²) in [6.45, 7) is 6.53. The SMILES string of the molecule is CCN(CC)CCOC(=O)C(C(=O)O)(c1cccs1)c1cccs1. The third-order valence-corrected chi connectivity index (χ3v) is 5.92. The van der Waals surface area contributed by atoms with Crippen molar-refractivity contribution >= 4 is 34.6 Å². The molecule has 0 amide bonds. The maximum absolute atomic E-state index is 12.9. The predicted octanol–water partition coefficient (Wildman–Crippen LogP) is 3.07. The second-order valence-electron chi connectivity index (χ2n) is 5.17. The molecule has 0 saturated carbocycles. The fourth-order valence-electron chi connectivity index (χ4n) is 2.52. The normalized spacial score (nSPS) is 11.6. The van der Waals surface area contributed by atoms with Crippen molar-refractivity contribution < 1.29 is 19.4 Å². The quantitative estimate of drug-likeness (QED) is 0.545. The average Bonchev–Trinajstić information content (AvgIpc) is 3.26. The van der Waals surface area contributed by atoms with Crippen LogP contribution >= 0.6 is 22.7 Å². The molecule has 0 aromatic carbocycles. The van der Waals surface area contributed by atoms with Crippen LogP contribution in [-0.2, 0) is 19.7 Å². The summed E-state index contributed by atoms with van der Waals surface area (Å²) in [7, 11) is 0. The first-order valence-electron chi connectivity index (χ1n) is 7.78. The molecule has 7 heteroatoms. The molecule has 0 radical (unpaired) electrons. The Labute approximate surface area is 149 Å². The van der Waals surface area contributed by atoms with Crippen molar-refractivity contribution in [2.45, 2.75) is 19.3 Å². The van der Waals surface area contributed by atoms with Crippen LogP contribution in [-0.4, -0.2) is 48.2 Å². The van der Waals surface area contributed by atoms with Crippen LogP contribution in [0.15, 0.2) is 35.0 Å². The number of ether oxygens (including phenoxy) is 1. The lowest BCUT2D eigenvalue weighted by molar-refractivity contribution is -0.159. The maximum atomic E-state index is 12.9.